The lowest BCUT2D eigenvalue weighted by Gasteiger charge is -2.17. The number of hydrogen-bond acceptors (Lipinski definition) is 2. The second-order valence-corrected chi connectivity index (χ2v) is 5.55. The fraction of sp³-hybridized carbons (Fsp3) is 0.250. The van der Waals surface area contributed by atoms with Crippen LogP contribution < -0.4 is 11.3 Å². The molecule has 0 spiro atoms. The van der Waals surface area contributed by atoms with E-state index in [0.29, 0.717) is 23.4 Å². The van der Waals surface area contributed by atoms with Gasteiger partial charge in [-0.15, -0.1) is 0 Å². The molecule has 0 fully saturated rings. The maximum Gasteiger partial charge on any atom is 0.126 e. The minimum absolute atomic E-state index is 0.161. The van der Waals surface area contributed by atoms with E-state index < -0.39 is 11.6 Å². The van der Waals surface area contributed by atoms with E-state index in [1.54, 1.807) is 0 Å². The number of hydrazine groups is 1. The van der Waals surface area contributed by atoms with Crippen LogP contribution in [-0.4, -0.2) is 6.04 Å². The molecule has 5 heteroatoms. The van der Waals surface area contributed by atoms with Crippen molar-refractivity contribution in [3.63, 3.8) is 0 Å². The van der Waals surface area contributed by atoms with E-state index in [2.05, 4.69) is 5.43 Å². The quantitative estimate of drug-likeness (QED) is 0.655. The van der Waals surface area contributed by atoms with Gasteiger partial charge in [-0.2, -0.15) is 0 Å². The molecule has 21 heavy (non-hydrogen) atoms. The summed E-state index contributed by atoms with van der Waals surface area (Å²) in [4.78, 5) is 0. The molecule has 0 bridgehead atoms. The van der Waals surface area contributed by atoms with E-state index in [1.807, 2.05) is 25.1 Å². The summed E-state index contributed by atoms with van der Waals surface area (Å²) in [6, 6.07) is 9.10. The Balaban J connectivity index is 2.12. The predicted molar refractivity (Wildman–Crippen MR) is 81.1 cm³/mol. The Hall–Kier alpha value is -1.49. The van der Waals surface area contributed by atoms with Gasteiger partial charge in [0.1, 0.15) is 11.6 Å². The Labute approximate surface area is 127 Å². The molecule has 0 radical (unpaired) electrons. The lowest BCUT2D eigenvalue weighted by atomic mass is 9.98. The highest BCUT2D eigenvalue weighted by atomic mass is 35.5. The minimum Gasteiger partial charge on any atom is -0.271 e. The molecule has 0 amide bonds. The molecule has 0 aliphatic heterocycles. The zero-order chi connectivity index (χ0) is 15.4. The normalized spacial score (nSPS) is 12.4. The first-order valence-electron chi connectivity index (χ1n) is 6.64. The minimum atomic E-state index is -0.589. The van der Waals surface area contributed by atoms with Crippen LogP contribution in [0.3, 0.4) is 0 Å². The topological polar surface area (TPSA) is 38.0 Å². The molecule has 0 aliphatic rings. The largest absolute Gasteiger partial charge is 0.271 e. The Morgan fingerprint density at radius 2 is 1.76 bits per heavy atom. The van der Waals surface area contributed by atoms with Crippen LogP contribution >= 0.6 is 11.6 Å². The molecule has 0 aliphatic carbocycles. The summed E-state index contributed by atoms with van der Waals surface area (Å²) < 4.78 is 26.4. The number of nitrogens with one attached hydrogen (secondary N) is 1. The summed E-state index contributed by atoms with van der Waals surface area (Å²) in [6.07, 6.45) is 0.989. The van der Waals surface area contributed by atoms with Crippen molar-refractivity contribution < 1.29 is 8.78 Å². The fourth-order valence-corrected chi connectivity index (χ4v) is 2.60. The fourth-order valence-electron chi connectivity index (χ4n) is 2.29. The molecule has 0 heterocycles. The van der Waals surface area contributed by atoms with Gasteiger partial charge in [0, 0.05) is 17.1 Å². The Bertz CT molecular complexity index is 611. The van der Waals surface area contributed by atoms with Crippen LogP contribution in [0.5, 0.6) is 0 Å². The van der Waals surface area contributed by atoms with Crippen molar-refractivity contribution in [2.24, 2.45) is 5.84 Å². The second-order valence-electron chi connectivity index (χ2n) is 5.14. The van der Waals surface area contributed by atoms with Crippen LogP contribution in [-0.2, 0) is 12.8 Å². The molecule has 2 nitrogen and oxygen atoms in total. The number of halogens is 3. The van der Waals surface area contributed by atoms with Gasteiger partial charge in [-0.3, -0.25) is 11.3 Å². The van der Waals surface area contributed by atoms with Crippen molar-refractivity contribution in [1.82, 2.24) is 5.43 Å². The third-order valence-electron chi connectivity index (χ3n) is 3.32. The molecule has 0 aromatic heterocycles. The Morgan fingerprint density at radius 1 is 1.10 bits per heavy atom. The molecule has 112 valence electrons. The zero-order valence-electron chi connectivity index (χ0n) is 11.7. The van der Waals surface area contributed by atoms with Gasteiger partial charge >= 0.3 is 0 Å². The van der Waals surface area contributed by atoms with Crippen LogP contribution in [0.4, 0.5) is 8.78 Å². The molecular formula is C16H17ClF2N2. The highest BCUT2D eigenvalue weighted by molar-refractivity contribution is 6.31. The van der Waals surface area contributed by atoms with E-state index in [-0.39, 0.29) is 6.04 Å². The first-order valence-corrected chi connectivity index (χ1v) is 7.02. The van der Waals surface area contributed by atoms with Gasteiger partial charge in [0.05, 0.1) is 0 Å². The van der Waals surface area contributed by atoms with Crippen LogP contribution in [0.25, 0.3) is 0 Å². The van der Waals surface area contributed by atoms with Crippen molar-refractivity contribution in [2.75, 3.05) is 0 Å². The van der Waals surface area contributed by atoms with Crippen molar-refractivity contribution in [3.8, 4) is 0 Å². The van der Waals surface area contributed by atoms with E-state index in [1.165, 1.54) is 12.1 Å². The van der Waals surface area contributed by atoms with E-state index in [0.717, 1.165) is 17.2 Å². The van der Waals surface area contributed by atoms with Crippen molar-refractivity contribution in [2.45, 2.75) is 25.8 Å². The van der Waals surface area contributed by atoms with Crippen molar-refractivity contribution >= 4 is 11.6 Å². The van der Waals surface area contributed by atoms with Gasteiger partial charge in [-0.25, -0.2) is 8.78 Å². The Morgan fingerprint density at radius 3 is 2.33 bits per heavy atom. The summed E-state index contributed by atoms with van der Waals surface area (Å²) in [5.74, 6) is 4.37. The predicted octanol–water partition coefficient (Wildman–Crippen LogP) is 3.54. The number of aryl methyl sites for hydroxylation is 1. The average Bonchev–Trinajstić information content (AvgIpc) is 2.39. The molecule has 1 atom stereocenters. The van der Waals surface area contributed by atoms with E-state index in [4.69, 9.17) is 17.4 Å². The molecule has 2 aromatic rings. The second kappa shape index (κ2) is 6.98. The smallest absolute Gasteiger partial charge is 0.126 e. The molecule has 0 saturated carbocycles. The van der Waals surface area contributed by atoms with Crippen LogP contribution in [0.15, 0.2) is 36.4 Å². The van der Waals surface area contributed by atoms with Gasteiger partial charge in [-0.05, 0) is 54.7 Å². The summed E-state index contributed by atoms with van der Waals surface area (Å²) in [5.41, 5.74) is 5.25. The lowest BCUT2D eigenvalue weighted by molar-refractivity contribution is 0.516. The molecule has 1 unspecified atom stereocenters. The first kappa shape index (κ1) is 15.9. The molecule has 2 aromatic carbocycles. The highest BCUT2D eigenvalue weighted by Gasteiger charge is 2.12. The molecule has 0 saturated heterocycles. The Kier molecular flexibility index (Phi) is 5.28. The molecule has 2 rings (SSSR count). The summed E-state index contributed by atoms with van der Waals surface area (Å²) in [5, 5.41) is 0.667. The van der Waals surface area contributed by atoms with Gasteiger partial charge in [-0.1, -0.05) is 23.7 Å². The summed E-state index contributed by atoms with van der Waals surface area (Å²) in [6.45, 7) is 1.96. The maximum atomic E-state index is 13.2. The van der Waals surface area contributed by atoms with Crippen LogP contribution in [0.2, 0.25) is 5.02 Å². The van der Waals surface area contributed by atoms with E-state index in [9.17, 15) is 8.78 Å². The van der Waals surface area contributed by atoms with Gasteiger partial charge in [0.15, 0.2) is 0 Å². The van der Waals surface area contributed by atoms with Crippen molar-refractivity contribution in [3.05, 3.63) is 69.7 Å². The van der Waals surface area contributed by atoms with E-state index >= 15 is 0 Å². The third kappa shape index (κ3) is 4.49. The summed E-state index contributed by atoms with van der Waals surface area (Å²) >= 11 is 6.20. The van der Waals surface area contributed by atoms with Gasteiger partial charge in [0.25, 0.3) is 0 Å². The zero-order valence-corrected chi connectivity index (χ0v) is 12.4. The number of benzene rings is 2. The van der Waals surface area contributed by atoms with Crippen LogP contribution in [0, 0.1) is 18.6 Å². The standard InChI is InChI=1S/C16H17ClF2N2/c1-10-2-3-12(16(17)4-10)8-15(21-20)7-11-5-13(18)9-14(19)6-11/h2-6,9,15,21H,7-8,20H2,1H3. The van der Waals surface area contributed by atoms with Crippen molar-refractivity contribution in [1.29, 1.82) is 0 Å². The number of rotatable bonds is 5. The lowest BCUT2D eigenvalue weighted by Crippen LogP contribution is -2.38. The number of hydrogen-bond donors (Lipinski definition) is 2. The molecular weight excluding hydrogens is 294 g/mol. The molecule has 3 N–H and O–H groups in total. The first-order chi connectivity index (χ1) is 9.97. The van der Waals surface area contributed by atoms with Gasteiger partial charge in [0.2, 0.25) is 0 Å². The monoisotopic (exact) mass is 310 g/mol. The number of nitrogens with two attached hydrogens (primary N) is 1. The maximum absolute atomic E-state index is 13.2. The van der Waals surface area contributed by atoms with Crippen LogP contribution in [0.1, 0.15) is 16.7 Å². The highest BCUT2D eigenvalue weighted by Crippen LogP contribution is 2.20. The SMILES string of the molecule is Cc1ccc(CC(Cc2cc(F)cc(F)c2)NN)c(Cl)c1. The van der Waals surface area contributed by atoms with Gasteiger partial charge < -0.3 is 0 Å². The average molecular weight is 311 g/mol. The summed E-state index contributed by atoms with van der Waals surface area (Å²) in [7, 11) is 0. The third-order valence-corrected chi connectivity index (χ3v) is 3.67.